The SMILES string of the molecule is O=C(CCc1ccc(-c2ccccc2)[nH]1)Nc1ccc(N2CCCCC2)cc1. The highest BCUT2D eigenvalue weighted by Crippen LogP contribution is 2.22. The van der Waals surface area contributed by atoms with Gasteiger partial charge in [-0.15, -0.1) is 0 Å². The number of rotatable bonds is 6. The molecule has 2 N–H and O–H groups in total. The van der Waals surface area contributed by atoms with E-state index in [-0.39, 0.29) is 5.91 Å². The zero-order valence-electron chi connectivity index (χ0n) is 16.2. The number of anilines is 2. The Balaban J connectivity index is 1.28. The number of piperidine rings is 1. The van der Waals surface area contributed by atoms with Crippen molar-refractivity contribution in [3.05, 3.63) is 72.4 Å². The van der Waals surface area contributed by atoms with Gasteiger partial charge in [0.15, 0.2) is 0 Å². The van der Waals surface area contributed by atoms with Crippen LogP contribution in [0, 0.1) is 0 Å². The number of aryl methyl sites for hydroxylation is 1. The van der Waals surface area contributed by atoms with Crippen LogP contribution in [0.2, 0.25) is 0 Å². The predicted molar refractivity (Wildman–Crippen MR) is 116 cm³/mol. The van der Waals surface area contributed by atoms with Gasteiger partial charge in [-0.25, -0.2) is 0 Å². The molecule has 4 rings (SSSR count). The fraction of sp³-hybridized carbons (Fsp3) is 0.292. The van der Waals surface area contributed by atoms with Crippen molar-refractivity contribution in [1.82, 2.24) is 4.98 Å². The van der Waals surface area contributed by atoms with Gasteiger partial charge in [-0.05, 0) is 67.6 Å². The minimum absolute atomic E-state index is 0.0431. The smallest absolute Gasteiger partial charge is 0.224 e. The van der Waals surface area contributed by atoms with Gasteiger partial charge in [0, 0.05) is 42.3 Å². The van der Waals surface area contributed by atoms with Crippen LogP contribution < -0.4 is 10.2 Å². The zero-order valence-corrected chi connectivity index (χ0v) is 16.2. The van der Waals surface area contributed by atoms with E-state index in [1.807, 2.05) is 30.3 Å². The number of H-pyrrole nitrogens is 1. The summed E-state index contributed by atoms with van der Waals surface area (Å²) >= 11 is 0. The van der Waals surface area contributed by atoms with E-state index in [9.17, 15) is 4.79 Å². The monoisotopic (exact) mass is 373 g/mol. The van der Waals surface area contributed by atoms with Crippen LogP contribution >= 0.6 is 0 Å². The van der Waals surface area contributed by atoms with Gasteiger partial charge in [-0.1, -0.05) is 30.3 Å². The van der Waals surface area contributed by atoms with Crippen molar-refractivity contribution in [3.63, 3.8) is 0 Å². The molecule has 0 radical (unpaired) electrons. The van der Waals surface area contributed by atoms with E-state index in [1.54, 1.807) is 0 Å². The summed E-state index contributed by atoms with van der Waals surface area (Å²) in [7, 11) is 0. The highest BCUT2D eigenvalue weighted by atomic mass is 16.1. The van der Waals surface area contributed by atoms with Gasteiger partial charge in [-0.3, -0.25) is 4.79 Å². The van der Waals surface area contributed by atoms with Crippen molar-refractivity contribution in [2.45, 2.75) is 32.1 Å². The van der Waals surface area contributed by atoms with Crippen LogP contribution in [0.4, 0.5) is 11.4 Å². The van der Waals surface area contributed by atoms with Crippen molar-refractivity contribution in [2.24, 2.45) is 0 Å². The molecule has 28 heavy (non-hydrogen) atoms. The Hall–Kier alpha value is -3.01. The number of carbonyl (C=O) groups excluding carboxylic acids is 1. The van der Waals surface area contributed by atoms with Gasteiger partial charge in [0.25, 0.3) is 0 Å². The molecule has 1 aliphatic rings. The lowest BCUT2D eigenvalue weighted by molar-refractivity contribution is -0.116. The second kappa shape index (κ2) is 8.79. The first-order valence-electron chi connectivity index (χ1n) is 10.2. The molecule has 4 heteroatoms. The van der Waals surface area contributed by atoms with Crippen LogP contribution in [0.3, 0.4) is 0 Å². The summed E-state index contributed by atoms with van der Waals surface area (Å²) < 4.78 is 0. The lowest BCUT2D eigenvalue weighted by Gasteiger charge is -2.28. The van der Waals surface area contributed by atoms with Gasteiger partial charge in [0.2, 0.25) is 5.91 Å². The van der Waals surface area contributed by atoms with Crippen LogP contribution in [-0.2, 0) is 11.2 Å². The number of amides is 1. The Morgan fingerprint density at radius 3 is 2.39 bits per heavy atom. The molecule has 1 amide bonds. The number of nitrogens with one attached hydrogen (secondary N) is 2. The number of benzene rings is 2. The lowest BCUT2D eigenvalue weighted by atomic mass is 10.1. The van der Waals surface area contributed by atoms with Gasteiger partial charge in [-0.2, -0.15) is 0 Å². The molecular weight excluding hydrogens is 346 g/mol. The van der Waals surface area contributed by atoms with Crippen molar-refractivity contribution in [2.75, 3.05) is 23.3 Å². The van der Waals surface area contributed by atoms with Gasteiger partial charge in [0.05, 0.1) is 0 Å². The molecular formula is C24H27N3O. The van der Waals surface area contributed by atoms with E-state index in [1.165, 1.54) is 24.9 Å². The molecule has 2 aromatic carbocycles. The standard InChI is InChI=1S/C24H27N3O/c28-24(16-12-20-11-15-23(25-20)19-7-3-1-4-8-19)26-21-9-13-22(14-10-21)27-17-5-2-6-18-27/h1,3-4,7-11,13-15,25H,2,5-6,12,16-18H2,(H,26,28). The lowest BCUT2D eigenvalue weighted by Crippen LogP contribution is -2.29. The second-order valence-corrected chi connectivity index (χ2v) is 7.41. The predicted octanol–water partition coefficient (Wildman–Crippen LogP) is 5.24. The summed E-state index contributed by atoms with van der Waals surface area (Å²) in [5.41, 5.74) is 5.44. The molecule has 0 atom stereocenters. The van der Waals surface area contributed by atoms with Gasteiger partial charge < -0.3 is 15.2 Å². The summed E-state index contributed by atoms with van der Waals surface area (Å²) in [5.74, 6) is 0.0431. The Bertz CT molecular complexity index is 893. The first kappa shape index (κ1) is 18.4. The number of nitrogens with zero attached hydrogens (tertiary/aromatic N) is 1. The number of aromatic nitrogens is 1. The minimum Gasteiger partial charge on any atom is -0.372 e. The van der Waals surface area contributed by atoms with Crippen LogP contribution in [0.25, 0.3) is 11.3 Å². The Kier molecular flexibility index (Phi) is 5.76. The van der Waals surface area contributed by atoms with Crippen LogP contribution in [0.5, 0.6) is 0 Å². The average Bonchev–Trinajstić information content (AvgIpc) is 3.23. The van der Waals surface area contributed by atoms with Crippen molar-refractivity contribution < 1.29 is 4.79 Å². The molecule has 4 nitrogen and oxygen atoms in total. The molecule has 0 saturated carbocycles. The number of hydrogen-bond donors (Lipinski definition) is 2. The van der Waals surface area contributed by atoms with Gasteiger partial charge >= 0.3 is 0 Å². The van der Waals surface area contributed by atoms with E-state index >= 15 is 0 Å². The molecule has 0 unspecified atom stereocenters. The number of carbonyl (C=O) groups is 1. The third kappa shape index (κ3) is 4.63. The topological polar surface area (TPSA) is 48.1 Å². The molecule has 0 bridgehead atoms. The Morgan fingerprint density at radius 1 is 0.893 bits per heavy atom. The maximum atomic E-state index is 12.3. The molecule has 1 saturated heterocycles. The second-order valence-electron chi connectivity index (χ2n) is 7.41. The summed E-state index contributed by atoms with van der Waals surface area (Å²) in [4.78, 5) is 18.1. The number of hydrogen-bond acceptors (Lipinski definition) is 2. The van der Waals surface area contributed by atoms with E-state index in [4.69, 9.17) is 0 Å². The normalized spacial score (nSPS) is 14.1. The first-order chi connectivity index (χ1) is 13.8. The molecule has 0 aliphatic carbocycles. The maximum absolute atomic E-state index is 12.3. The van der Waals surface area contributed by atoms with Crippen molar-refractivity contribution in [1.29, 1.82) is 0 Å². The molecule has 0 spiro atoms. The fourth-order valence-corrected chi connectivity index (χ4v) is 3.75. The first-order valence-corrected chi connectivity index (χ1v) is 10.2. The molecule has 2 heterocycles. The summed E-state index contributed by atoms with van der Waals surface area (Å²) in [6.45, 7) is 2.26. The summed E-state index contributed by atoms with van der Waals surface area (Å²) in [6.07, 6.45) is 5.03. The highest BCUT2D eigenvalue weighted by molar-refractivity contribution is 5.91. The van der Waals surface area contributed by atoms with E-state index in [0.29, 0.717) is 12.8 Å². The van der Waals surface area contributed by atoms with Crippen molar-refractivity contribution >= 4 is 17.3 Å². The Morgan fingerprint density at radius 2 is 1.64 bits per heavy atom. The highest BCUT2D eigenvalue weighted by Gasteiger charge is 2.11. The minimum atomic E-state index is 0.0431. The zero-order chi connectivity index (χ0) is 19.2. The van der Waals surface area contributed by atoms with Crippen molar-refractivity contribution in [3.8, 4) is 11.3 Å². The third-order valence-electron chi connectivity index (χ3n) is 5.32. The maximum Gasteiger partial charge on any atom is 0.224 e. The van der Waals surface area contributed by atoms with Crippen LogP contribution in [0.15, 0.2) is 66.7 Å². The molecule has 144 valence electrons. The van der Waals surface area contributed by atoms with Gasteiger partial charge in [0.1, 0.15) is 0 Å². The molecule has 1 aliphatic heterocycles. The van der Waals surface area contributed by atoms with Crippen LogP contribution in [-0.4, -0.2) is 24.0 Å². The largest absolute Gasteiger partial charge is 0.372 e. The average molecular weight is 374 g/mol. The third-order valence-corrected chi connectivity index (χ3v) is 5.32. The van der Waals surface area contributed by atoms with Crippen LogP contribution in [0.1, 0.15) is 31.4 Å². The van der Waals surface area contributed by atoms with E-state index in [2.05, 4.69) is 51.6 Å². The molecule has 3 aromatic rings. The summed E-state index contributed by atoms with van der Waals surface area (Å²) in [6, 6.07) is 22.6. The molecule has 1 aromatic heterocycles. The fourth-order valence-electron chi connectivity index (χ4n) is 3.75. The molecule has 1 fully saturated rings. The van der Waals surface area contributed by atoms with E-state index < -0.39 is 0 Å². The number of aromatic amines is 1. The Labute approximate surface area is 166 Å². The summed E-state index contributed by atoms with van der Waals surface area (Å²) in [5, 5.41) is 3.01. The van der Waals surface area contributed by atoms with E-state index in [0.717, 1.165) is 35.7 Å². The quantitative estimate of drug-likeness (QED) is 0.620.